The largest absolute Gasteiger partial charge is 0.339 e. The van der Waals surface area contributed by atoms with Gasteiger partial charge in [-0.2, -0.15) is 4.98 Å². The monoisotopic (exact) mass is 416 g/mol. The smallest absolute Gasteiger partial charge is 0.261 e. The number of aromatic nitrogens is 5. The molecule has 0 spiro atoms. The standard InChI is InChI=1S/C19H24N6O3S/c1-5-10-25-12(4)6-7-13(18(25)27)16-21-15(28-24-16)9-8-14(26)20-19-23-22-17(29-19)11(2)3/h6-7,11H,5,8-10H2,1-4H3,(H,20,23,26). The number of nitrogens with zero attached hydrogens (tertiary/aromatic N) is 5. The van der Waals surface area contributed by atoms with Gasteiger partial charge in [0.1, 0.15) is 5.01 Å². The van der Waals surface area contributed by atoms with Crippen LogP contribution in [0.2, 0.25) is 0 Å². The number of aryl methyl sites for hydroxylation is 2. The first kappa shape index (κ1) is 20.8. The molecule has 0 fully saturated rings. The van der Waals surface area contributed by atoms with Crippen molar-refractivity contribution >= 4 is 22.4 Å². The minimum atomic E-state index is -0.211. The minimum Gasteiger partial charge on any atom is -0.339 e. The van der Waals surface area contributed by atoms with Crippen LogP contribution in [0.3, 0.4) is 0 Å². The van der Waals surface area contributed by atoms with Crippen molar-refractivity contribution in [2.45, 2.75) is 59.4 Å². The van der Waals surface area contributed by atoms with Crippen LogP contribution in [0.5, 0.6) is 0 Å². The predicted octanol–water partition coefficient (Wildman–Crippen LogP) is 3.16. The first-order valence-corrected chi connectivity index (χ1v) is 10.4. The number of anilines is 1. The third kappa shape index (κ3) is 4.94. The highest BCUT2D eigenvalue weighted by atomic mass is 32.1. The van der Waals surface area contributed by atoms with E-state index in [1.165, 1.54) is 11.3 Å². The fourth-order valence-electron chi connectivity index (χ4n) is 2.73. The topological polar surface area (TPSA) is 116 Å². The Labute approximate surface area is 172 Å². The quantitative estimate of drug-likeness (QED) is 0.599. The highest BCUT2D eigenvalue weighted by molar-refractivity contribution is 7.15. The summed E-state index contributed by atoms with van der Waals surface area (Å²) in [4.78, 5) is 29.1. The van der Waals surface area contributed by atoms with Gasteiger partial charge in [0.15, 0.2) is 0 Å². The Morgan fingerprint density at radius 3 is 2.79 bits per heavy atom. The Hall–Kier alpha value is -2.88. The average molecular weight is 417 g/mol. The van der Waals surface area contributed by atoms with E-state index < -0.39 is 0 Å². The van der Waals surface area contributed by atoms with Gasteiger partial charge in [0.25, 0.3) is 5.56 Å². The zero-order valence-corrected chi connectivity index (χ0v) is 17.7. The Morgan fingerprint density at radius 1 is 1.31 bits per heavy atom. The normalized spacial score (nSPS) is 11.2. The second kappa shape index (κ2) is 9.08. The van der Waals surface area contributed by atoms with Crippen LogP contribution < -0.4 is 10.9 Å². The van der Waals surface area contributed by atoms with Gasteiger partial charge in [-0.1, -0.05) is 37.3 Å². The lowest BCUT2D eigenvalue weighted by atomic mass is 10.2. The predicted molar refractivity (Wildman–Crippen MR) is 110 cm³/mol. The van der Waals surface area contributed by atoms with Gasteiger partial charge in [0.05, 0.1) is 5.56 Å². The van der Waals surface area contributed by atoms with E-state index in [0.29, 0.717) is 23.1 Å². The van der Waals surface area contributed by atoms with Crippen LogP contribution in [-0.4, -0.2) is 30.8 Å². The molecule has 154 valence electrons. The summed E-state index contributed by atoms with van der Waals surface area (Å²) in [5.41, 5.74) is 1.13. The highest BCUT2D eigenvalue weighted by Crippen LogP contribution is 2.22. The van der Waals surface area contributed by atoms with Gasteiger partial charge < -0.3 is 14.4 Å². The van der Waals surface area contributed by atoms with Crippen LogP contribution in [0.25, 0.3) is 11.4 Å². The van der Waals surface area contributed by atoms with Crippen molar-refractivity contribution in [3.63, 3.8) is 0 Å². The molecule has 3 aromatic rings. The molecule has 0 bridgehead atoms. The molecule has 10 heteroatoms. The maximum Gasteiger partial charge on any atom is 0.261 e. The van der Waals surface area contributed by atoms with E-state index in [0.717, 1.165) is 17.1 Å². The van der Waals surface area contributed by atoms with Crippen molar-refractivity contribution in [3.8, 4) is 11.4 Å². The van der Waals surface area contributed by atoms with Crippen molar-refractivity contribution in [2.24, 2.45) is 0 Å². The second-order valence-electron chi connectivity index (χ2n) is 7.01. The molecular formula is C19H24N6O3S. The molecular weight excluding hydrogens is 392 g/mol. The molecule has 9 nitrogen and oxygen atoms in total. The molecule has 0 aliphatic heterocycles. The molecule has 3 aromatic heterocycles. The summed E-state index contributed by atoms with van der Waals surface area (Å²) >= 11 is 1.36. The van der Waals surface area contributed by atoms with Crippen LogP contribution in [0.1, 0.15) is 56.1 Å². The number of hydrogen-bond donors (Lipinski definition) is 1. The number of carbonyl (C=O) groups excluding carboxylic acids is 1. The van der Waals surface area contributed by atoms with E-state index in [4.69, 9.17) is 4.52 Å². The van der Waals surface area contributed by atoms with Crippen LogP contribution >= 0.6 is 11.3 Å². The summed E-state index contributed by atoms with van der Waals surface area (Å²) < 4.78 is 6.93. The van der Waals surface area contributed by atoms with Gasteiger partial charge in [-0.05, 0) is 25.5 Å². The summed E-state index contributed by atoms with van der Waals surface area (Å²) in [6.45, 7) is 8.58. The van der Waals surface area contributed by atoms with E-state index in [2.05, 4.69) is 25.7 Å². The summed E-state index contributed by atoms with van der Waals surface area (Å²) in [7, 11) is 0. The lowest BCUT2D eigenvalue weighted by Crippen LogP contribution is -2.23. The van der Waals surface area contributed by atoms with Crippen LogP contribution in [0, 0.1) is 6.92 Å². The molecule has 0 aliphatic rings. The zero-order valence-electron chi connectivity index (χ0n) is 16.9. The minimum absolute atomic E-state index is 0.144. The molecule has 1 N–H and O–H groups in total. The Morgan fingerprint density at radius 2 is 2.10 bits per heavy atom. The highest BCUT2D eigenvalue weighted by Gasteiger charge is 2.16. The lowest BCUT2D eigenvalue weighted by molar-refractivity contribution is -0.116. The molecule has 3 rings (SSSR count). The Kier molecular flexibility index (Phi) is 6.53. The van der Waals surface area contributed by atoms with E-state index in [1.807, 2.05) is 33.8 Å². The van der Waals surface area contributed by atoms with Crippen molar-refractivity contribution in [1.29, 1.82) is 0 Å². The van der Waals surface area contributed by atoms with Crippen LogP contribution in [-0.2, 0) is 17.8 Å². The fraction of sp³-hybridized carbons (Fsp3) is 0.474. The van der Waals surface area contributed by atoms with Crippen LogP contribution in [0.4, 0.5) is 5.13 Å². The first-order valence-electron chi connectivity index (χ1n) is 9.55. The van der Waals surface area contributed by atoms with E-state index in [1.54, 1.807) is 10.6 Å². The molecule has 0 aromatic carbocycles. The zero-order chi connectivity index (χ0) is 21.0. The Balaban J connectivity index is 1.64. The maximum atomic E-state index is 12.7. The van der Waals surface area contributed by atoms with Crippen molar-refractivity contribution in [3.05, 3.63) is 39.1 Å². The molecule has 1 amide bonds. The molecule has 0 unspecified atom stereocenters. The van der Waals surface area contributed by atoms with Gasteiger partial charge in [-0.3, -0.25) is 9.59 Å². The third-order valence-corrected chi connectivity index (χ3v) is 5.43. The summed E-state index contributed by atoms with van der Waals surface area (Å²) in [6.07, 6.45) is 1.28. The molecule has 3 heterocycles. The van der Waals surface area contributed by atoms with Crippen molar-refractivity contribution in [2.75, 3.05) is 5.32 Å². The molecule has 0 saturated heterocycles. The summed E-state index contributed by atoms with van der Waals surface area (Å²) in [5.74, 6) is 0.591. The lowest BCUT2D eigenvalue weighted by Gasteiger charge is -2.09. The average Bonchev–Trinajstić information content (AvgIpc) is 3.33. The number of nitrogens with one attached hydrogen (secondary N) is 1. The maximum absolute atomic E-state index is 12.7. The summed E-state index contributed by atoms with van der Waals surface area (Å²) in [5, 5.41) is 16.0. The number of hydrogen-bond acceptors (Lipinski definition) is 8. The van der Waals surface area contributed by atoms with Crippen molar-refractivity contribution in [1.82, 2.24) is 24.9 Å². The molecule has 0 atom stereocenters. The van der Waals surface area contributed by atoms with Gasteiger partial charge in [-0.25, -0.2) is 0 Å². The molecule has 0 radical (unpaired) electrons. The second-order valence-corrected chi connectivity index (χ2v) is 8.01. The van der Waals surface area contributed by atoms with Gasteiger partial charge >= 0.3 is 0 Å². The Bertz CT molecular complexity index is 1050. The number of amides is 1. The van der Waals surface area contributed by atoms with Gasteiger partial charge in [0, 0.05) is 31.0 Å². The molecule has 29 heavy (non-hydrogen) atoms. The van der Waals surface area contributed by atoms with Gasteiger partial charge in [0.2, 0.25) is 22.8 Å². The SMILES string of the molecule is CCCn1c(C)ccc(-c2noc(CCC(=O)Nc3nnc(C(C)C)s3)n2)c1=O. The molecule has 0 saturated carbocycles. The van der Waals surface area contributed by atoms with Gasteiger partial charge in [-0.15, -0.1) is 10.2 Å². The number of pyridine rings is 1. The van der Waals surface area contributed by atoms with E-state index in [9.17, 15) is 9.59 Å². The van der Waals surface area contributed by atoms with Crippen LogP contribution in [0.15, 0.2) is 21.5 Å². The number of rotatable bonds is 8. The van der Waals surface area contributed by atoms with E-state index in [-0.39, 0.29) is 36.1 Å². The first-order chi connectivity index (χ1) is 13.9. The molecule has 0 aliphatic carbocycles. The van der Waals surface area contributed by atoms with E-state index >= 15 is 0 Å². The number of carbonyl (C=O) groups is 1. The third-order valence-electron chi connectivity index (χ3n) is 4.30. The fourth-order valence-corrected chi connectivity index (χ4v) is 3.49. The van der Waals surface area contributed by atoms with Crippen molar-refractivity contribution < 1.29 is 9.32 Å². The summed E-state index contributed by atoms with van der Waals surface area (Å²) in [6, 6.07) is 3.57.